The fourth-order valence-corrected chi connectivity index (χ4v) is 4.28. The Kier molecular flexibility index (Phi) is 7.98. The molecule has 1 aliphatic heterocycles. The summed E-state index contributed by atoms with van der Waals surface area (Å²) in [5.41, 5.74) is -1.70. The summed E-state index contributed by atoms with van der Waals surface area (Å²) in [6, 6.07) is 4.35. The lowest BCUT2D eigenvalue weighted by Gasteiger charge is -2.40. The number of halogens is 1. The van der Waals surface area contributed by atoms with Crippen LogP contribution in [0.1, 0.15) is 41.3 Å². The molecule has 3 amide bonds. The van der Waals surface area contributed by atoms with E-state index in [1.165, 1.54) is 30.8 Å². The molecule has 0 unspecified atom stereocenters. The lowest BCUT2D eigenvalue weighted by Crippen LogP contribution is -2.57. The van der Waals surface area contributed by atoms with Gasteiger partial charge in [0.05, 0.1) is 0 Å². The molecule has 0 saturated carbocycles. The number of hydrogen-bond acceptors (Lipinski definition) is 8. The van der Waals surface area contributed by atoms with E-state index in [-0.39, 0.29) is 31.3 Å². The third kappa shape index (κ3) is 5.32. The van der Waals surface area contributed by atoms with Crippen LogP contribution in [-0.4, -0.2) is 80.9 Å². The average Bonchev–Trinajstić information content (AvgIpc) is 3.01. The highest BCUT2D eigenvalue weighted by molar-refractivity contribution is 6.34. The summed E-state index contributed by atoms with van der Waals surface area (Å²) in [6.07, 6.45) is 0. The van der Waals surface area contributed by atoms with E-state index >= 15 is 0 Å². The maximum Gasteiger partial charge on any atom is 0.325 e. The van der Waals surface area contributed by atoms with Crippen LogP contribution in [0, 0.1) is 12.7 Å². The van der Waals surface area contributed by atoms with Crippen molar-refractivity contribution in [2.45, 2.75) is 39.4 Å². The number of aryl methyl sites for hydroxylation is 1. The van der Waals surface area contributed by atoms with Crippen molar-refractivity contribution >= 4 is 17.7 Å². The number of benzene rings is 1. The van der Waals surface area contributed by atoms with E-state index in [4.69, 9.17) is 5.84 Å². The molecule has 0 bridgehead atoms. The molecule has 1 aliphatic rings. The summed E-state index contributed by atoms with van der Waals surface area (Å²) >= 11 is 0. The number of fused-ring (bicyclic) bond motifs is 1. The number of aromatic nitrogens is 2. The minimum atomic E-state index is -1.34. The third-order valence-electron chi connectivity index (χ3n) is 6.68. The Morgan fingerprint density at radius 3 is 2.51 bits per heavy atom. The van der Waals surface area contributed by atoms with E-state index < -0.39 is 40.3 Å². The topological polar surface area (TPSA) is 154 Å². The fourth-order valence-electron chi connectivity index (χ4n) is 4.28. The van der Waals surface area contributed by atoms with E-state index in [0.29, 0.717) is 29.2 Å². The molecule has 3 rings (SSSR count). The van der Waals surface area contributed by atoms with Crippen LogP contribution in [0.3, 0.4) is 0 Å². The molecule has 37 heavy (non-hydrogen) atoms. The van der Waals surface area contributed by atoms with Crippen molar-refractivity contribution in [2.24, 2.45) is 5.84 Å². The first kappa shape index (κ1) is 27.7. The molecule has 200 valence electrons. The number of rotatable bonds is 5. The van der Waals surface area contributed by atoms with Gasteiger partial charge in [-0.15, -0.1) is 0 Å². The van der Waals surface area contributed by atoms with Gasteiger partial charge in [-0.25, -0.2) is 15.2 Å². The van der Waals surface area contributed by atoms with Gasteiger partial charge in [0.15, 0.2) is 5.69 Å². The van der Waals surface area contributed by atoms with Gasteiger partial charge in [-0.2, -0.15) is 0 Å². The fraction of sp³-hybridized carbons (Fsp3) is 0.458. The Morgan fingerprint density at radius 1 is 1.24 bits per heavy atom. The van der Waals surface area contributed by atoms with Crippen LogP contribution in [-0.2, 0) is 28.2 Å². The monoisotopic (exact) mass is 517 g/mol. The molecule has 4 N–H and O–H groups in total. The first-order chi connectivity index (χ1) is 17.3. The Balaban J connectivity index is 2.06. The van der Waals surface area contributed by atoms with Crippen LogP contribution in [0.25, 0.3) is 0 Å². The zero-order chi connectivity index (χ0) is 27.7. The number of amides is 3. The van der Waals surface area contributed by atoms with Crippen molar-refractivity contribution in [3.63, 3.8) is 0 Å². The molecule has 2 aromatic rings. The quantitative estimate of drug-likeness (QED) is 0.211. The highest BCUT2D eigenvalue weighted by Crippen LogP contribution is 2.30. The molecule has 0 spiro atoms. The smallest absolute Gasteiger partial charge is 0.325 e. The summed E-state index contributed by atoms with van der Waals surface area (Å²) in [5, 5.41) is 13.9. The second kappa shape index (κ2) is 10.6. The summed E-state index contributed by atoms with van der Waals surface area (Å²) in [7, 11) is 2.63. The molecule has 1 aromatic carbocycles. The second-order valence-electron chi connectivity index (χ2n) is 9.28. The van der Waals surface area contributed by atoms with Crippen LogP contribution >= 0.6 is 0 Å². The lowest BCUT2D eigenvalue weighted by molar-refractivity contribution is -0.154. The Hall–Kier alpha value is -3.84. The summed E-state index contributed by atoms with van der Waals surface area (Å²) in [6.45, 7) is 6.43. The number of hydrazine groups is 1. The summed E-state index contributed by atoms with van der Waals surface area (Å²) < 4.78 is 14.8. The van der Waals surface area contributed by atoms with Crippen LogP contribution < -0.4 is 16.7 Å². The van der Waals surface area contributed by atoms with Crippen molar-refractivity contribution in [1.29, 1.82) is 0 Å². The van der Waals surface area contributed by atoms with Gasteiger partial charge in [-0.05, 0) is 37.6 Å². The van der Waals surface area contributed by atoms with Gasteiger partial charge in [-0.1, -0.05) is 19.1 Å². The molecule has 0 fully saturated rings. The first-order valence-electron chi connectivity index (χ1n) is 11.7. The van der Waals surface area contributed by atoms with E-state index in [0.717, 1.165) is 4.90 Å². The van der Waals surface area contributed by atoms with Crippen LogP contribution in [0.2, 0.25) is 0 Å². The van der Waals surface area contributed by atoms with Crippen LogP contribution in [0.15, 0.2) is 23.0 Å². The average molecular weight is 518 g/mol. The minimum Gasteiger partial charge on any atom is -0.501 e. The van der Waals surface area contributed by atoms with Gasteiger partial charge in [-0.3, -0.25) is 33.7 Å². The number of carbonyl (C=O) groups is 3. The zero-order valence-corrected chi connectivity index (χ0v) is 21.5. The van der Waals surface area contributed by atoms with Crippen LogP contribution in [0.4, 0.5) is 4.39 Å². The molecule has 1 atom stereocenters. The zero-order valence-electron chi connectivity index (χ0n) is 21.5. The standard InChI is InChI=1S/C24H32FN7O5/c1-6-31-9-10-32-20(35)18(33)17(19(34)27-12-15-7-8-16(25)14(2)11-15)28-23(32)24(3,13-31)29(4)21(36)22(37)30(5)26/h7-8,11,33H,6,9-10,12-13,26H2,1-5H3,(H,27,34)/t24-/m1/s1. The second-order valence-corrected chi connectivity index (χ2v) is 9.28. The van der Waals surface area contributed by atoms with Crippen molar-refractivity contribution in [2.75, 3.05) is 33.7 Å². The van der Waals surface area contributed by atoms with Crippen molar-refractivity contribution < 1.29 is 23.9 Å². The van der Waals surface area contributed by atoms with E-state index in [9.17, 15) is 28.7 Å². The van der Waals surface area contributed by atoms with Crippen molar-refractivity contribution in [3.8, 4) is 5.75 Å². The number of nitrogens with two attached hydrogens (primary N) is 1. The number of nitrogens with one attached hydrogen (secondary N) is 1. The van der Waals surface area contributed by atoms with Gasteiger partial charge >= 0.3 is 11.8 Å². The van der Waals surface area contributed by atoms with E-state index in [1.54, 1.807) is 19.9 Å². The molecule has 0 aliphatic carbocycles. The SMILES string of the molecule is CCN1CCn2c(nc(C(=O)NCc3ccc(F)c(C)c3)c(O)c2=O)[C@](C)(N(C)C(=O)C(=O)N(C)N)C1. The number of likely N-dealkylation sites (N-methyl/N-ethyl adjacent to an activating group) is 3. The van der Waals surface area contributed by atoms with Gasteiger partial charge in [0, 0.05) is 40.3 Å². The van der Waals surface area contributed by atoms with Gasteiger partial charge in [0.25, 0.3) is 11.5 Å². The summed E-state index contributed by atoms with van der Waals surface area (Å²) in [4.78, 5) is 59.0. The normalized spacial score (nSPS) is 17.5. The number of aromatic hydroxyl groups is 1. The lowest BCUT2D eigenvalue weighted by atomic mass is 9.97. The van der Waals surface area contributed by atoms with Gasteiger partial charge in [0.1, 0.15) is 17.2 Å². The third-order valence-corrected chi connectivity index (χ3v) is 6.68. The van der Waals surface area contributed by atoms with Gasteiger partial charge in [0.2, 0.25) is 5.75 Å². The number of nitrogens with zero attached hydrogens (tertiary/aromatic N) is 5. The predicted molar refractivity (Wildman–Crippen MR) is 132 cm³/mol. The maximum atomic E-state index is 13.6. The Labute approximate surface area is 213 Å². The molecule has 1 aromatic heterocycles. The van der Waals surface area contributed by atoms with Crippen molar-refractivity contribution in [1.82, 2.24) is 29.7 Å². The number of hydrogen-bond donors (Lipinski definition) is 3. The molecule has 12 nitrogen and oxygen atoms in total. The molecular formula is C24H32FN7O5. The van der Waals surface area contributed by atoms with Crippen molar-refractivity contribution in [3.05, 3.63) is 57.0 Å². The Morgan fingerprint density at radius 2 is 1.92 bits per heavy atom. The molecule has 0 saturated heterocycles. The summed E-state index contributed by atoms with van der Waals surface area (Å²) in [5.74, 6) is 1.56. The Bertz CT molecular complexity index is 1290. The molecular weight excluding hydrogens is 485 g/mol. The van der Waals surface area contributed by atoms with Gasteiger partial charge < -0.3 is 15.3 Å². The molecule has 13 heteroatoms. The first-order valence-corrected chi connectivity index (χ1v) is 11.7. The molecule has 0 radical (unpaired) electrons. The highest BCUT2D eigenvalue weighted by Gasteiger charge is 2.44. The predicted octanol–water partition coefficient (Wildman–Crippen LogP) is -0.332. The van der Waals surface area contributed by atoms with Crippen LogP contribution in [0.5, 0.6) is 5.75 Å². The molecule has 2 heterocycles. The van der Waals surface area contributed by atoms with E-state index in [2.05, 4.69) is 10.3 Å². The van der Waals surface area contributed by atoms with E-state index in [1.807, 2.05) is 11.8 Å². The minimum absolute atomic E-state index is 0.00387. The largest absolute Gasteiger partial charge is 0.501 e. The number of carbonyl (C=O) groups excluding carboxylic acids is 3. The maximum absolute atomic E-state index is 13.6. The highest BCUT2D eigenvalue weighted by atomic mass is 19.1.